The van der Waals surface area contributed by atoms with Gasteiger partial charge < -0.3 is 14.4 Å². The van der Waals surface area contributed by atoms with Crippen LogP contribution in [0.5, 0.6) is 11.5 Å². The number of aromatic amines is 1. The number of aromatic nitrogens is 6. The predicted octanol–water partition coefficient (Wildman–Crippen LogP) is 3.93. The van der Waals surface area contributed by atoms with E-state index in [9.17, 15) is 9.90 Å². The third-order valence-electron chi connectivity index (χ3n) is 5.44. The largest absolute Gasteiger partial charge is 0.507 e. The molecule has 9 heteroatoms. The summed E-state index contributed by atoms with van der Waals surface area (Å²) in [6.07, 6.45) is 3.09. The van der Waals surface area contributed by atoms with E-state index in [1.807, 2.05) is 60.1 Å². The first kappa shape index (κ1) is 21.1. The molecule has 0 atom stereocenters. The molecule has 0 spiro atoms. The molecule has 0 radical (unpaired) electrons. The number of nitrogens with zero attached hydrogens (tertiary/aromatic N) is 5. The number of carbonyl (C=O) groups is 1. The third kappa shape index (κ3) is 4.26. The van der Waals surface area contributed by atoms with E-state index in [0.717, 1.165) is 22.4 Å². The Balaban J connectivity index is 1.25. The van der Waals surface area contributed by atoms with Gasteiger partial charge >= 0.3 is 0 Å². The molecule has 5 rings (SSSR count). The summed E-state index contributed by atoms with van der Waals surface area (Å²) >= 11 is 0. The van der Waals surface area contributed by atoms with Crippen LogP contribution in [-0.2, 0) is 13.7 Å². The predicted molar refractivity (Wildman–Crippen MR) is 126 cm³/mol. The number of ketones is 1. The number of aromatic hydroxyl groups is 1. The number of fused-ring (bicyclic) bond motifs is 1. The zero-order chi connectivity index (χ0) is 23.5. The second kappa shape index (κ2) is 8.99. The highest BCUT2D eigenvalue weighted by atomic mass is 16.5. The van der Waals surface area contributed by atoms with Gasteiger partial charge in [-0.2, -0.15) is 0 Å². The van der Waals surface area contributed by atoms with E-state index in [-0.39, 0.29) is 17.1 Å². The standard InChI is InChI=1S/C25H20N6O3/c1-31-21-5-3-2-4-20(21)26-24(31)15-34-18-10-6-16(7-11-18)8-12-22(32)19-14-17(9-13-23(19)33)25-27-29-30-28-25/h2-14,33H,15H2,1H3,(H,27,28,29,30)/b12-8+. The number of nitrogens with one attached hydrogen (secondary N) is 1. The molecular weight excluding hydrogens is 432 g/mol. The van der Waals surface area contributed by atoms with Gasteiger partial charge in [-0.3, -0.25) is 4.79 Å². The number of carbonyl (C=O) groups excluding carboxylic acids is 1. The molecule has 0 aliphatic heterocycles. The summed E-state index contributed by atoms with van der Waals surface area (Å²) in [4.78, 5) is 17.3. The van der Waals surface area contributed by atoms with Crippen LogP contribution < -0.4 is 4.74 Å². The maximum atomic E-state index is 12.7. The van der Waals surface area contributed by atoms with E-state index in [4.69, 9.17) is 4.74 Å². The number of tetrazole rings is 1. The first-order valence-corrected chi connectivity index (χ1v) is 10.5. The highest BCUT2D eigenvalue weighted by molar-refractivity contribution is 6.09. The second-order valence-electron chi connectivity index (χ2n) is 7.61. The van der Waals surface area contributed by atoms with Gasteiger partial charge in [0.2, 0.25) is 0 Å². The van der Waals surface area contributed by atoms with Crippen LogP contribution in [0.2, 0.25) is 0 Å². The number of ether oxygens (including phenoxy) is 1. The molecule has 9 nitrogen and oxygen atoms in total. The minimum atomic E-state index is -0.339. The highest BCUT2D eigenvalue weighted by Crippen LogP contribution is 2.24. The Labute approximate surface area is 194 Å². The number of benzene rings is 3. The van der Waals surface area contributed by atoms with Crippen LogP contribution in [0.25, 0.3) is 28.5 Å². The van der Waals surface area contributed by atoms with E-state index in [1.165, 1.54) is 12.1 Å². The minimum Gasteiger partial charge on any atom is -0.507 e. The van der Waals surface area contributed by atoms with Crippen molar-refractivity contribution >= 4 is 22.9 Å². The van der Waals surface area contributed by atoms with E-state index in [1.54, 1.807) is 18.2 Å². The van der Waals surface area contributed by atoms with Crippen LogP contribution >= 0.6 is 0 Å². The number of phenols is 1. The van der Waals surface area contributed by atoms with Gasteiger partial charge in [-0.1, -0.05) is 30.3 Å². The Morgan fingerprint density at radius 2 is 1.94 bits per heavy atom. The highest BCUT2D eigenvalue weighted by Gasteiger charge is 2.12. The molecule has 2 aromatic heterocycles. The van der Waals surface area contributed by atoms with Gasteiger partial charge in [0.15, 0.2) is 11.6 Å². The van der Waals surface area contributed by atoms with Gasteiger partial charge in [-0.15, -0.1) is 5.10 Å². The topological polar surface area (TPSA) is 119 Å². The molecule has 5 aromatic rings. The van der Waals surface area contributed by atoms with Crippen molar-refractivity contribution in [3.8, 4) is 22.9 Å². The van der Waals surface area contributed by atoms with Crippen LogP contribution in [-0.4, -0.2) is 41.1 Å². The lowest BCUT2D eigenvalue weighted by Gasteiger charge is -2.07. The molecule has 0 bridgehead atoms. The van der Waals surface area contributed by atoms with Crippen molar-refractivity contribution in [3.05, 3.63) is 89.8 Å². The maximum absolute atomic E-state index is 12.7. The van der Waals surface area contributed by atoms with Crippen molar-refractivity contribution in [3.63, 3.8) is 0 Å². The zero-order valence-corrected chi connectivity index (χ0v) is 18.2. The van der Waals surface area contributed by atoms with E-state index in [0.29, 0.717) is 23.7 Å². The molecule has 2 heterocycles. The Morgan fingerprint density at radius 1 is 1.12 bits per heavy atom. The number of imidazole rings is 1. The average Bonchev–Trinajstić information content (AvgIpc) is 3.51. The van der Waals surface area contributed by atoms with E-state index in [2.05, 4.69) is 25.6 Å². The Kier molecular flexibility index (Phi) is 5.57. The molecule has 0 unspecified atom stereocenters. The lowest BCUT2D eigenvalue weighted by molar-refractivity contribution is 0.104. The number of hydrogen-bond acceptors (Lipinski definition) is 7. The lowest BCUT2D eigenvalue weighted by Crippen LogP contribution is -2.03. The first-order valence-electron chi connectivity index (χ1n) is 10.5. The minimum absolute atomic E-state index is 0.114. The number of para-hydroxylation sites is 2. The molecular formula is C25H20N6O3. The molecule has 0 saturated carbocycles. The third-order valence-corrected chi connectivity index (χ3v) is 5.44. The number of H-pyrrole nitrogens is 1. The van der Waals surface area contributed by atoms with Crippen molar-refractivity contribution < 1.29 is 14.6 Å². The summed E-state index contributed by atoms with van der Waals surface area (Å²) in [5.74, 6) is 1.48. The van der Waals surface area contributed by atoms with Crippen molar-refractivity contribution in [2.75, 3.05) is 0 Å². The fourth-order valence-corrected chi connectivity index (χ4v) is 3.57. The van der Waals surface area contributed by atoms with Crippen LogP contribution in [0, 0.1) is 0 Å². The number of aryl methyl sites for hydroxylation is 1. The van der Waals surface area contributed by atoms with Crippen LogP contribution in [0.3, 0.4) is 0 Å². The summed E-state index contributed by atoms with van der Waals surface area (Å²) in [7, 11) is 1.97. The summed E-state index contributed by atoms with van der Waals surface area (Å²) < 4.78 is 7.91. The zero-order valence-electron chi connectivity index (χ0n) is 18.2. The summed E-state index contributed by atoms with van der Waals surface area (Å²) in [5, 5.41) is 23.6. The molecule has 0 aliphatic rings. The van der Waals surface area contributed by atoms with Gasteiger partial charge in [-0.25, -0.2) is 10.1 Å². The quantitative estimate of drug-likeness (QED) is 0.284. The molecule has 0 amide bonds. The van der Waals surface area contributed by atoms with E-state index >= 15 is 0 Å². The molecule has 0 fully saturated rings. The molecule has 3 aromatic carbocycles. The Bertz CT molecular complexity index is 1490. The summed E-state index contributed by atoms with van der Waals surface area (Å²) in [5.41, 5.74) is 3.57. The molecule has 168 valence electrons. The van der Waals surface area contributed by atoms with Crippen molar-refractivity contribution in [1.82, 2.24) is 30.2 Å². The normalized spacial score (nSPS) is 11.3. The van der Waals surface area contributed by atoms with Crippen molar-refractivity contribution in [1.29, 1.82) is 0 Å². The SMILES string of the molecule is Cn1c(COc2ccc(/C=C/C(=O)c3cc(-c4nnn[nH]4)ccc3O)cc2)nc2ccccc21. The molecule has 34 heavy (non-hydrogen) atoms. The smallest absolute Gasteiger partial charge is 0.189 e. The average molecular weight is 452 g/mol. The van der Waals surface area contributed by atoms with E-state index < -0.39 is 0 Å². The lowest BCUT2D eigenvalue weighted by atomic mass is 10.0. The Morgan fingerprint density at radius 3 is 2.71 bits per heavy atom. The molecule has 0 aliphatic carbocycles. The van der Waals surface area contributed by atoms with Gasteiger partial charge in [0, 0.05) is 12.6 Å². The number of phenolic OH excluding ortho intramolecular Hbond substituents is 1. The van der Waals surface area contributed by atoms with Gasteiger partial charge in [-0.05, 0) is 64.5 Å². The number of rotatable bonds is 7. The van der Waals surface area contributed by atoms with Gasteiger partial charge in [0.1, 0.15) is 23.9 Å². The first-order chi connectivity index (χ1) is 16.6. The maximum Gasteiger partial charge on any atom is 0.189 e. The molecule has 0 saturated heterocycles. The van der Waals surface area contributed by atoms with Gasteiger partial charge in [0.25, 0.3) is 0 Å². The van der Waals surface area contributed by atoms with Crippen molar-refractivity contribution in [2.24, 2.45) is 7.05 Å². The Hall–Kier alpha value is -4.79. The summed E-state index contributed by atoms with van der Waals surface area (Å²) in [6.45, 7) is 0.342. The second-order valence-corrected chi connectivity index (χ2v) is 7.61. The number of hydrogen-bond donors (Lipinski definition) is 2. The van der Waals surface area contributed by atoms with Crippen molar-refractivity contribution in [2.45, 2.75) is 6.61 Å². The van der Waals surface area contributed by atoms with Gasteiger partial charge in [0.05, 0.1) is 16.6 Å². The van der Waals surface area contributed by atoms with Crippen LogP contribution in [0.15, 0.2) is 72.8 Å². The fraction of sp³-hybridized carbons (Fsp3) is 0.0800. The number of allylic oxidation sites excluding steroid dienone is 1. The van der Waals surface area contributed by atoms with Crippen LogP contribution in [0.4, 0.5) is 0 Å². The molecule has 2 N–H and O–H groups in total. The fourth-order valence-electron chi connectivity index (χ4n) is 3.57. The monoisotopic (exact) mass is 452 g/mol. The van der Waals surface area contributed by atoms with Crippen LogP contribution in [0.1, 0.15) is 21.7 Å². The summed E-state index contributed by atoms with van der Waals surface area (Å²) in [6, 6.07) is 19.9.